The molecule has 0 spiro atoms. The second-order valence-electron chi connectivity index (χ2n) is 4.69. The maximum atomic E-state index is 5.14. The van der Waals surface area contributed by atoms with E-state index in [1.807, 2.05) is 12.1 Å². The summed E-state index contributed by atoms with van der Waals surface area (Å²) in [6.07, 6.45) is 1.20. The van der Waals surface area contributed by atoms with Gasteiger partial charge in [0.2, 0.25) is 0 Å². The van der Waals surface area contributed by atoms with Crippen LogP contribution >= 0.6 is 0 Å². The van der Waals surface area contributed by atoms with Crippen molar-refractivity contribution in [1.82, 2.24) is 10.6 Å². The summed E-state index contributed by atoms with van der Waals surface area (Å²) in [5.41, 5.74) is 1.55. The predicted octanol–water partition coefficient (Wildman–Crippen LogP) is 1.54. The molecule has 3 nitrogen and oxygen atoms in total. The van der Waals surface area contributed by atoms with Gasteiger partial charge in [0, 0.05) is 18.6 Å². The highest BCUT2D eigenvalue weighted by atomic mass is 16.5. The van der Waals surface area contributed by atoms with Gasteiger partial charge in [0.25, 0.3) is 0 Å². The Morgan fingerprint density at radius 3 is 2.69 bits per heavy atom. The molecule has 0 aromatic heterocycles. The van der Waals surface area contributed by atoms with Crippen molar-refractivity contribution in [2.24, 2.45) is 0 Å². The Bertz CT molecular complexity index is 328. The third-order valence-corrected chi connectivity index (χ3v) is 3.25. The van der Waals surface area contributed by atoms with Crippen LogP contribution in [0.3, 0.4) is 0 Å². The smallest absolute Gasteiger partial charge is 0.118 e. The summed E-state index contributed by atoms with van der Waals surface area (Å²) in [5.74, 6) is 0.914. The third-order valence-electron chi connectivity index (χ3n) is 3.25. The summed E-state index contributed by atoms with van der Waals surface area (Å²) in [5, 5.41) is 6.99. The van der Waals surface area contributed by atoms with Gasteiger partial charge in [0.05, 0.1) is 7.11 Å². The molecule has 2 N–H and O–H groups in total. The van der Waals surface area contributed by atoms with E-state index >= 15 is 0 Å². The molecule has 0 radical (unpaired) electrons. The van der Waals surface area contributed by atoms with E-state index in [1.54, 1.807) is 7.11 Å². The molecule has 1 atom stereocenters. The van der Waals surface area contributed by atoms with Crippen molar-refractivity contribution in [3.8, 4) is 5.75 Å². The van der Waals surface area contributed by atoms with Gasteiger partial charge in [0.15, 0.2) is 0 Å². The van der Waals surface area contributed by atoms with Gasteiger partial charge in [-0.25, -0.2) is 0 Å². The van der Waals surface area contributed by atoms with Crippen molar-refractivity contribution in [3.63, 3.8) is 0 Å². The Labute approximate surface area is 97.2 Å². The first-order valence-electron chi connectivity index (χ1n) is 5.81. The van der Waals surface area contributed by atoms with E-state index in [4.69, 9.17) is 4.74 Å². The molecule has 1 aromatic rings. The van der Waals surface area contributed by atoms with Gasteiger partial charge >= 0.3 is 0 Å². The first-order chi connectivity index (χ1) is 7.72. The zero-order valence-corrected chi connectivity index (χ0v) is 10.0. The number of nitrogens with one attached hydrogen (secondary N) is 2. The highest BCUT2D eigenvalue weighted by Crippen LogP contribution is 2.15. The first kappa shape index (κ1) is 11.4. The first-order valence-corrected chi connectivity index (χ1v) is 5.81. The van der Waals surface area contributed by atoms with Crippen molar-refractivity contribution in [2.45, 2.75) is 25.4 Å². The molecule has 1 aliphatic rings. The highest BCUT2D eigenvalue weighted by Gasteiger charge is 2.27. The largest absolute Gasteiger partial charge is 0.497 e. The van der Waals surface area contributed by atoms with Crippen LogP contribution in [-0.4, -0.2) is 25.7 Å². The number of ether oxygens (including phenoxy) is 1. The minimum Gasteiger partial charge on any atom is -0.497 e. The summed E-state index contributed by atoms with van der Waals surface area (Å²) >= 11 is 0. The number of hydrogen-bond donors (Lipinski definition) is 2. The molecule has 1 saturated heterocycles. The van der Waals surface area contributed by atoms with E-state index in [0.717, 1.165) is 25.4 Å². The molecule has 1 aliphatic heterocycles. The zero-order chi connectivity index (χ0) is 11.4. The van der Waals surface area contributed by atoms with Crippen LogP contribution in [-0.2, 0) is 6.54 Å². The molecule has 0 bridgehead atoms. The third kappa shape index (κ3) is 2.74. The topological polar surface area (TPSA) is 33.3 Å². The van der Waals surface area contributed by atoms with Crippen LogP contribution in [0.4, 0.5) is 0 Å². The van der Waals surface area contributed by atoms with Crippen LogP contribution < -0.4 is 15.4 Å². The monoisotopic (exact) mass is 220 g/mol. The average molecular weight is 220 g/mol. The van der Waals surface area contributed by atoms with Crippen LogP contribution in [0.2, 0.25) is 0 Å². The summed E-state index contributed by atoms with van der Waals surface area (Å²) in [6.45, 7) is 5.37. The van der Waals surface area contributed by atoms with Crippen LogP contribution in [0.25, 0.3) is 0 Å². The summed E-state index contributed by atoms with van der Waals surface area (Å²) in [6, 6.07) is 8.23. The second-order valence-corrected chi connectivity index (χ2v) is 4.69. The van der Waals surface area contributed by atoms with E-state index in [9.17, 15) is 0 Å². The lowest BCUT2D eigenvalue weighted by atomic mass is 10.0. The van der Waals surface area contributed by atoms with E-state index in [-0.39, 0.29) is 5.54 Å². The molecule has 1 unspecified atom stereocenters. The van der Waals surface area contributed by atoms with Crippen molar-refractivity contribution in [3.05, 3.63) is 29.8 Å². The van der Waals surface area contributed by atoms with E-state index in [0.29, 0.717) is 0 Å². The van der Waals surface area contributed by atoms with E-state index in [2.05, 4.69) is 29.7 Å². The zero-order valence-electron chi connectivity index (χ0n) is 10.0. The normalized spacial score (nSPS) is 24.6. The van der Waals surface area contributed by atoms with Gasteiger partial charge in [-0.05, 0) is 37.6 Å². The van der Waals surface area contributed by atoms with Crippen LogP contribution in [0.5, 0.6) is 5.75 Å². The molecule has 1 heterocycles. The number of benzene rings is 1. The lowest BCUT2D eigenvalue weighted by molar-refractivity contribution is 0.385. The Morgan fingerprint density at radius 2 is 2.12 bits per heavy atom. The van der Waals surface area contributed by atoms with Crippen molar-refractivity contribution in [1.29, 1.82) is 0 Å². The fourth-order valence-corrected chi connectivity index (χ4v) is 2.03. The number of methoxy groups -OCH3 is 1. The Balaban J connectivity index is 1.89. The molecule has 88 valence electrons. The standard InChI is InChI=1S/C13H20N2O/c1-13(7-8-14-10-13)15-9-11-3-5-12(16-2)6-4-11/h3-6,14-15H,7-10H2,1-2H3. The van der Waals surface area contributed by atoms with Crippen molar-refractivity contribution in [2.75, 3.05) is 20.2 Å². The van der Waals surface area contributed by atoms with Gasteiger partial charge in [-0.3, -0.25) is 0 Å². The molecular formula is C13H20N2O. The van der Waals surface area contributed by atoms with Gasteiger partial charge in [-0.2, -0.15) is 0 Å². The Hall–Kier alpha value is -1.06. The molecule has 0 amide bonds. The summed E-state index contributed by atoms with van der Waals surface area (Å²) in [4.78, 5) is 0. The van der Waals surface area contributed by atoms with Crippen molar-refractivity contribution >= 4 is 0 Å². The average Bonchev–Trinajstić information content (AvgIpc) is 2.75. The molecule has 2 rings (SSSR count). The number of hydrogen-bond acceptors (Lipinski definition) is 3. The molecule has 16 heavy (non-hydrogen) atoms. The molecule has 3 heteroatoms. The minimum atomic E-state index is 0.250. The summed E-state index contributed by atoms with van der Waals surface area (Å²) < 4.78 is 5.14. The van der Waals surface area contributed by atoms with Gasteiger partial charge in [-0.1, -0.05) is 12.1 Å². The van der Waals surface area contributed by atoms with Crippen LogP contribution in [0.1, 0.15) is 18.9 Å². The highest BCUT2D eigenvalue weighted by molar-refractivity contribution is 5.27. The fraction of sp³-hybridized carbons (Fsp3) is 0.538. The van der Waals surface area contributed by atoms with Crippen LogP contribution in [0.15, 0.2) is 24.3 Å². The summed E-state index contributed by atoms with van der Waals surface area (Å²) in [7, 11) is 1.69. The predicted molar refractivity (Wildman–Crippen MR) is 65.7 cm³/mol. The SMILES string of the molecule is COc1ccc(CNC2(C)CCNC2)cc1. The van der Waals surface area contributed by atoms with E-state index < -0.39 is 0 Å². The lowest BCUT2D eigenvalue weighted by Crippen LogP contribution is -2.43. The fourth-order valence-electron chi connectivity index (χ4n) is 2.03. The number of rotatable bonds is 4. The second kappa shape index (κ2) is 4.85. The Kier molecular flexibility index (Phi) is 3.46. The maximum absolute atomic E-state index is 5.14. The quantitative estimate of drug-likeness (QED) is 0.807. The van der Waals surface area contributed by atoms with Crippen LogP contribution in [0, 0.1) is 0 Å². The minimum absolute atomic E-state index is 0.250. The van der Waals surface area contributed by atoms with Gasteiger partial charge in [0.1, 0.15) is 5.75 Å². The lowest BCUT2D eigenvalue weighted by Gasteiger charge is -2.24. The van der Waals surface area contributed by atoms with E-state index in [1.165, 1.54) is 12.0 Å². The molecule has 1 fully saturated rings. The van der Waals surface area contributed by atoms with Gasteiger partial charge < -0.3 is 15.4 Å². The maximum Gasteiger partial charge on any atom is 0.118 e. The Morgan fingerprint density at radius 1 is 1.38 bits per heavy atom. The molecule has 1 aromatic carbocycles. The van der Waals surface area contributed by atoms with Crippen molar-refractivity contribution < 1.29 is 4.74 Å². The van der Waals surface area contributed by atoms with Gasteiger partial charge in [-0.15, -0.1) is 0 Å². The molecule has 0 aliphatic carbocycles. The molecular weight excluding hydrogens is 200 g/mol. The molecule has 0 saturated carbocycles.